The van der Waals surface area contributed by atoms with E-state index in [1.807, 2.05) is 0 Å². The minimum atomic E-state index is 0.773. The van der Waals surface area contributed by atoms with Gasteiger partial charge in [-0.3, -0.25) is 0 Å². The summed E-state index contributed by atoms with van der Waals surface area (Å²) < 4.78 is 0. The molecule has 1 rings (SSSR count). The van der Waals surface area contributed by atoms with Crippen LogP contribution in [0.2, 0.25) is 0 Å². The number of hydrogen-bond donors (Lipinski definition) is 1. The van der Waals surface area contributed by atoms with Gasteiger partial charge in [-0.05, 0) is 24.8 Å². The molecule has 0 spiro atoms. The molecule has 1 heterocycles. The zero-order valence-electron chi connectivity index (χ0n) is 6.49. The highest BCUT2D eigenvalue weighted by Crippen LogP contribution is 2.21. The van der Waals surface area contributed by atoms with Crippen LogP contribution in [0.1, 0.15) is 27.2 Å². The molecule has 52 valence electrons. The Bertz CT molecular complexity index is 136. The van der Waals surface area contributed by atoms with Crippen molar-refractivity contribution in [3.8, 4) is 0 Å². The van der Waals surface area contributed by atoms with E-state index in [0.717, 1.165) is 12.5 Å². The summed E-state index contributed by atoms with van der Waals surface area (Å²) in [6, 6.07) is 0. The summed E-state index contributed by atoms with van der Waals surface area (Å²) in [6.07, 6.45) is 1.21. The molecular formula is C8H15N. The van der Waals surface area contributed by atoms with Gasteiger partial charge in [0.25, 0.3) is 0 Å². The maximum Gasteiger partial charge on any atom is 0.0207 e. The molecule has 0 aliphatic carbocycles. The van der Waals surface area contributed by atoms with Crippen LogP contribution in [0.15, 0.2) is 11.3 Å². The first-order valence-electron chi connectivity index (χ1n) is 3.69. The molecule has 1 heteroatoms. The van der Waals surface area contributed by atoms with Crippen molar-refractivity contribution >= 4 is 0 Å². The second kappa shape index (κ2) is 2.42. The van der Waals surface area contributed by atoms with E-state index in [9.17, 15) is 0 Å². The first-order valence-corrected chi connectivity index (χ1v) is 3.69. The quantitative estimate of drug-likeness (QED) is 0.564. The summed E-state index contributed by atoms with van der Waals surface area (Å²) in [5, 5.41) is 3.35. The average molecular weight is 125 g/mol. The van der Waals surface area contributed by atoms with Crippen molar-refractivity contribution < 1.29 is 0 Å². The Balaban J connectivity index is 2.69. The maximum absolute atomic E-state index is 3.35. The third-order valence-corrected chi connectivity index (χ3v) is 2.13. The Morgan fingerprint density at radius 3 is 2.56 bits per heavy atom. The van der Waals surface area contributed by atoms with E-state index in [1.54, 1.807) is 5.57 Å². The van der Waals surface area contributed by atoms with Gasteiger partial charge in [0.05, 0.1) is 0 Å². The standard InChI is InChI=1S/C8H15N/c1-4-8-6(2)5-9-7(8)3/h6,9H,4-5H2,1-3H3. The van der Waals surface area contributed by atoms with Gasteiger partial charge in [-0.2, -0.15) is 0 Å². The first-order chi connectivity index (χ1) is 4.25. The van der Waals surface area contributed by atoms with Crippen LogP contribution in [-0.2, 0) is 0 Å². The molecule has 1 atom stereocenters. The first kappa shape index (κ1) is 6.66. The molecular weight excluding hydrogens is 110 g/mol. The van der Waals surface area contributed by atoms with Crippen LogP contribution in [0.5, 0.6) is 0 Å². The monoisotopic (exact) mass is 125 g/mol. The molecule has 0 aromatic rings. The third-order valence-electron chi connectivity index (χ3n) is 2.13. The van der Waals surface area contributed by atoms with Crippen LogP contribution in [-0.4, -0.2) is 6.54 Å². The molecule has 1 aliphatic heterocycles. The summed E-state index contributed by atoms with van der Waals surface area (Å²) in [4.78, 5) is 0. The van der Waals surface area contributed by atoms with Gasteiger partial charge in [0, 0.05) is 12.2 Å². The highest BCUT2D eigenvalue weighted by Gasteiger charge is 2.15. The molecule has 1 aliphatic rings. The fraction of sp³-hybridized carbons (Fsp3) is 0.750. The van der Waals surface area contributed by atoms with Crippen LogP contribution in [0.3, 0.4) is 0 Å². The number of allylic oxidation sites excluding steroid dienone is 1. The van der Waals surface area contributed by atoms with Gasteiger partial charge in [0.1, 0.15) is 0 Å². The van der Waals surface area contributed by atoms with E-state index in [1.165, 1.54) is 12.1 Å². The zero-order chi connectivity index (χ0) is 6.85. The van der Waals surface area contributed by atoms with Gasteiger partial charge in [0.2, 0.25) is 0 Å². The SMILES string of the molecule is CCC1=C(C)NCC1C. The molecule has 0 bridgehead atoms. The van der Waals surface area contributed by atoms with Crippen molar-refractivity contribution in [2.75, 3.05) is 6.54 Å². The highest BCUT2D eigenvalue weighted by molar-refractivity contribution is 5.18. The van der Waals surface area contributed by atoms with Crippen molar-refractivity contribution in [3.05, 3.63) is 11.3 Å². The summed E-state index contributed by atoms with van der Waals surface area (Å²) in [5.41, 5.74) is 3.01. The van der Waals surface area contributed by atoms with Gasteiger partial charge in [-0.1, -0.05) is 13.8 Å². The normalized spacial score (nSPS) is 26.8. The van der Waals surface area contributed by atoms with Crippen molar-refractivity contribution in [3.63, 3.8) is 0 Å². The molecule has 0 fully saturated rings. The van der Waals surface area contributed by atoms with Gasteiger partial charge < -0.3 is 5.32 Å². The lowest BCUT2D eigenvalue weighted by Gasteiger charge is -2.02. The summed E-state index contributed by atoms with van der Waals surface area (Å²) in [6.45, 7) is 7.82. The van der Waals surface area contributed by atoms with Gasteiger partial charge in [-0.15, -0.1) is 0 Å². The molecule has 0 amide bonds. The van der Waals surface area contributed by atoms with E-state index in [2.05, 4.69) is 26.1 Å². The van der Waals surface area contributed by atoms with E-state index >= 15 is 0 Å². The Labute approximate surface area is 57.1 Å². The highest BCUT2D eigenvalue weighted by atomic mass is 14.9. The Hall–Kier alpha value is -0.460. The van der Waals surface area contributed by atoms with E-state index < -0.39 is 0 Å². The summed E-state index contributed by atoms with van der Waals surface area (Å²) >= 11 is 0. The number of rotatable bonds is 1. The van der Waals surface area contributed by atoms with Crippen LogP contribution in [0.4, 0.5) is 0 Å². The molecule has 1 N–H and O–H groups in total. The fourth-order valence-electron chi connectivity index (χ4n) is 1.53. The van der Waals surface area contributed by atoms with Gasteiger partial charge in [-0.25, -0.2) is 0 Å². The Morgan fingerprint density at radius 2 is 2.33 bits per heavy atom. The van der Waals surface area contributed by atoms with Crippen molar-refractivity contribution in [1.82, 2.24) is 5.32 Å². The van der Waals surface area contributed by atoms with Crippen molar-refractivity contribution in [2.45, 2.75) is 27.2 Å². The molecule has 0 aromatic heterocycles. The smallest absolute Gasteiger partial charge is 0.0207 e. The minimum absolute atomic E-state index is 0.773. The minimum Gasteiger partial charge on any atom is -0.388 e. The Kier molecular flexibility index (Phi) is 1.79. The largest absolute Gasteiger partial charge is 0.388 e. The molecule has 0 aromatic carbocycles. The second-order valence-electron chi connectivity index (χ2n) is 2.79. The maximum atomic E-state index is 3.35. The van der Waals surface area contributed by atoms with Gasteiger partial charge in [0.15, 0.2) is 0 Å². The average Bonchev–Trinajstić information content (AvgIpc) is 2.12. The molecule has 1 nitrogen and oxygen atoms in total. The van der Waals surface area contributed by atoms with Crippen LogP contribution in [0.25, 0.3) is 0 Å². The molecule has 0 radical (unpaired) electrons. The van der Waals surface area contributed by atoms with Crippen molar-refractivity contribution in [1.29, 1.82) is 0 Å². The van der Waals surface area contributed by atoms with E-state index in [4.69, 9.17) is 0 Å². The van der Waals surface area contributed by atoms with Crippen LogP contribution >= 0.6 is 0 Å². The second-order valence-corrected chi connectivity index (χ2v) is 2.79. The van der Waals surface area contributed by atoms with Gasteiger partial charge >= 0.3 is 0 Å². The molecule has 9 heavy (non-hydrogen) atoms. The lowest BCUT2D eigenvalue weighted by Crippen LogP contribution is -2.08. The number of nitrogens with one attached hydrogen (secondary N) is 1. The zero-order valence-corrected chi connectivity index (χ0v) is 6.49. The Morgan fingerprint density at radius 1 is 1.67 bits per heavy atom. The summed E-state index contributed by atoms with van der Waals surface area (Å²) in [5.74, 6) is 0.773. The van der Waals surface area contributed by atoms with Crippen LogP contribution in [0, 0.1) is 5.92 Å². The molecule has 0 saturated heterocycles. The predicted molar refractivity (Wildman–Crippen MR) is 40.2 cm³/mol. The lowest BCUT2D eigenvalue weighted by molar-refractivity contribution is 0.676. The lowest BCUT2D eigenvalue weighted by atomic mass is 10.0. The van der Waals surface area contributed by atoms with Crippen LogP contribution < -0.4 is 5.32 Å². The van der Waals surface area contributed by atoms with E-state index in [-0.39, 0.29) is 0 Å². The van der Waals surface area contributed by atoms with Crippen molar-refractivity contribution in [2.24, 2.45) is 5.92 Å². The molecule has 1 unspecified atom stereocenters. The predicted octanol–water partition coefficient (Wildman–Crippen LogP) is 1.91. The van der Waals surface area contributed by atoms with E-state index in [0.29, 0.717) is 0 Å². The molecule has 0 saturated carbocycles. The fourth-order valence-corrected chi connectivity index (χ4v) is 1.53. The summed E-state index contributed by atoms with van der Waals surface area (Å²) in [7, 11) is 0. The topological polar surface area (TPSA) is 12.0 Å². The third kappa shape index (κ3) is 1.09. The number of hydrogen-bond acceptors (Lipinski definition) is 1.